The minimum atomic E-state index is -0.608. The molecule has 21 heavy (non-hydrogen) atoms. The SMILES string of the molecule is O=C1Cc2cc(C(Cl)c3cccc(F)c3Br)c(Cl)cc2N1. The van der Waals surface area contributed by atoms with Crippen LogP contribution in [-0.4, -0.2) is 5.91 Å². The Morgan fingerprint density at radius 3 is 2.81 bits per heavy atom. The summed E-state index contributed by atoms with van der Waals surface area (Å²) in [4.78, 5) is 11.4. The Kier molecular flexibility index (Phi) is 3.95. The second-order valence-corrected chi connectivity index (χ2v) is 6.40. The minimum absolute atomic E-state index is 0.0729. The third-order valence-electron chi connectivity index (χ3n) is 3.38. The number of amides is 1. The molecule has 2 nitrogen and oxygen atoms in total. The third-order valence-corrected chi connectivity index (χ3v) is 5.01. The van der Waals surface area contributed by atoms with E-state index in [0.29, 0.717) is 32.7 Å². The van der Waals surface area contributed by atoms with E-state index in [-0.39, 0.29) is 11.7 Å². The Labute approximate surface area is 139 Å². The first kappa shape index (κ1) is 14.8. The van der Waals surface area contributed by atoms with Crippen LogP contribution in [0.25, 0.3) is 0 Å². The normalized spacial score (nSPS) is 14.8. The number of hydrogen-bond acceptors (Lipinski definition) is 1. The van der Waals surface area contributed by atoms with Gasteiger partial charge in [0.05, 0.1) is 16.3 Å². The molecule has 0 radical (unpaired) electrons. The van der Waals surface area contributed by atoms with Gasteiger partial charge in [-0.05, 0) is 50.8 Å². The molecule has 2 aromatic carbocycles. The largest absolute Gasteiger partial charge is 0.325 e. The smallest absolute Gasteiger partial charge is 0.228 e. The van der Waals surface area contributed by atoms with Crippen molar-refractivity contribution in [3.8, 4) is 0 Å². The fraction of sp³-hybridized carbons (Fsp3) is 0.133. The summed E-state index contributed by atoms with van der Waals surface area (Å²) in [7, 11) is 0. The van der Waals surface area contributed by atoms with Crippen LogP contribution in [0, 0.1) is 5.82 Å². The maximum atomic E-state index is 13.6. The van der Waals surface area contributed by atoms with E-state index in [1.807, 2.05) is 0 Å². The summed E-state index contributed by atoms with van der Waals surface area (Å²) < 4.78 is 13.9. The molecular weight excluding hydrogens is 380 g/mol. The number of fused-ring (bicyclic) bond motifs is 1. The number of carbonyl (C=O) groups is 1. The number of halogens is 4. The van der Waals surface area contributed by atoms with Crippen LogP contribution in [0.15, 0.2) is 34.8 Å². The lowest BCUT2D eigenvalue weighted by molar-refractivity contribution is -0.115. The monoisotopic (exact) mass is 387 g/mol. The van der Waals surface area contributed by atoms with Gasteiger partial charge < -0.3 is 5.32 Å². The second kappa shape index (κ2) is 5.59. The molecule has 1 aliphatic rings. The molecule has 0 fully saturated rings. The molecule has 0 aromatic heterocycles. The molecule has 1 heterocycles. The average molecular weight is 389 g/mol. The summed E-state index contributed by atoms with van der Waals surface area (Å²) in [6, 6.07) is 8.16. The first-order valence-electron chi connectivity index (χ1n) is 6.17. The third kappa shape index (κ3) is 2.68. The van der Waals surface area contributed by atoms with Crippen LogP contribution in [0.3, 0.4) is 0 Å². The van der Waals surface area contributed by atoms with Crippen molar-refractivity contribution in [3.63, 3.8) is 0 Å². The zero-order chi connectivity index (χ0) is 15.1. The Hall–Kier alpha value is -1.10. The van der Waals surface area contributed by atoms with Gasteiger partial charge in [0.25, 0.3) is 0 Å². The molecule has 0 saturated heterocycles. The molecule has 1 aliphatic heterocycles. The van der Waals surface area contributed by atoms with Gasteiger partial charge in [-0.15, -0.1) is 11.6 Å². The first-order valence-corrected chi connectivity index (χ1v) is 7.78. The summed E-state index contributed by atoms with van der Waals surface area (Å²) in [6.45, 7) is 0. The maximum Gasteiger partial charge on any atom is 0.228 e. The molecule has 108 valence electrons. The number of anilines is 1. The van der Waals surface area contributed by atoms with Crippen molar-refractivity contribution < 1.29 is 9.18 Å². The van der Waals surface area contributed by atoms with Gasteiger partial charge in [-0.2, -0.15) is 0 Å². The van der Waals surface area contributed by atoms with Gasteiger partial charge in [0.1, 0.15) is 5.82 Å². The molecule has 0 aliphatic carbocycles. The molecule has 3 rings (SSSR count). The highest BCUT2D eigenvalue weighted by Crippen LogP contribution is 2.40. The number of benzene rings is 2. The predicted molar refractivity (Wildman–Crippen MR) is 85.6 cm³/mol. The van der Waals surface area contributed by atoms with Crippen molar-refractivity contribution in [1.29, 1.82) is 0 Å². The van der Waals surface area contributed by atoms with Crippen LogP contribution in [0.4, 0.5) is 10.1 Å². The van der Waals surface area contributed by atoms with Crippen molar-refractivity contribution in [2.75, 3.05) is 5.32 Å². The van der Waals surface area contributed by atoms with Gasteiger partial charge in [-0.3, -0.25) is 4.79 Å². The number of hydrogen-bond donors (Lipinski definition) is 1. The van der Waals surface area contributed by atoms with Crippen LogP contribution in [-0.2, 0) is 11.2 Å². The molecule has 0 spiro atoms. The van der Waals surface area contributed by atoms with E-state index < -0.39 is 5.38 Å². The first-order chi connectivity index (χ1) is 9.97. The number of carbonyl (C=O) groups excluding carboxylic acids is 1. The van der Waals surface area contributed by atoms with Crippen molar-refractivity contribution in [3.05, 3.63) is 62.3 Å². The molecule has 0 saturated carbocycles. The standard InChI is InChI=1S/C15H9BrCl2FNO/c16-14-8(2-1-3-11(14)19)15(18)9-4-7-5-13(21)20-12(7)6-10(9)17/h1-4,6,15H,5H2,(H,20,21). The van der Waals surface area contributed by atoms with Gasteiger partial charge in [0.2, 0.25) is 5.91 Å². The van der Waals surface area contributed by atoms with Crippen LogP contribution >= 0.6 is 39.1 Å². The zero-order valence-electron chi connectivity index (χ0n) is 10.6. The molecule has 6 heteroatoms. The van der Waals surface area contributed by atoms with Crippen LogP contribution in [0.1, 0.15) is 22.1 Å². The second-order valence-electron chi connectivity index (χ2n) is 4.76. The zero-order valence-corrected chi connectivity index (χ0v) is 13.7. The van der Waals surface area contributed by atoms with Gasteiger partial charge in [0, 0.05) is 10.7 Å². The van der Waals surface area contributed by atoms with Crippen LogP contribution in [0.5, 0.6) is 0 Å². The lowest BCUT2D eigenvalue weighted by atomic mass is 10.0. The lowest BCUT2D eigenvalue weighted by Crippen LogP contribution is -2.03. The van der Waals surface area contributed by atoms with E-state index in [2.05, 4.69) is 21.2 Å². The Morgan fingerprint density at radius 1 is 1.29 bits per heavy atom. The van der Waals surface area contributed by atoms with E-state index in [9.17, 15) is 9.18 Å². The van der Waals surface area contributed by atoms with E-state index in [1.54, 1.807) is 24.3 Å². The number of rotatable bonds is 2. The molecule has 1 N–H and O–H groups in total. The van der Waals surface area contributed by atoms with Gasteiger partial charge >= 0.3 is 0 Å². The van der Waals surface area contributed by atoms with E-state index in [1.165, 1.54) is 6.07 Å². The molecule has 1 atom stereocenters. The molecule has 0 bridgehead atoms. The van der Waals surface area contributed by atoms with Gasteiger partial charge in [-0.25, -0.2) is 4.39 Å². The highest BCUT2D eigenvalue weighted by atomic mass is 79.9. The maximum absolute atomic E-state index is 13.6. The highest BCUT2D eigenvalue weighted by molar-refractivity contribution is 9.10. The molecule has 1 amide bonds. The molecule has 1 unspecified atom stereocenters. The van der Waals surface area contributed by atoms with Crippen molar-refractivity contribution in [1.82, 2.24) is 0 Å². The van der Waals surface area contributed by atoms with E-state index in [4.69, 9.17) is 23.2 Å². The fourth-order valence-electron chi connectivity index (χ4n) is 2.35. The Morgan fingerprint density at radius 2 is 2.05 bits per heavy atom. The molecule has 2 aromatic rings. The summed E-state index contributed by atoms with van der Waals surface area (Å²) in [5.41, 5.74) is 2.80. The van der Waals surface area contributed by atoms with Crippen molar-refractivity contribution in [2.45, 2.75) is 11.8 Å². The number of alkyl halides is 1. The number of nitrogens with one attached hydrogen (secondary N) is 1. The predicted octanol–water partition coefficient (Wildman–Crippen LogP) is 5.06. The minimum Gasteiger partial charge on any atom is -0.325 e. The van der Waals surface area contributed by atoms with Crippen molar-refractivity contribution in [2.24, 2.45) is 0 Å². The Balaban J connectivity index is 2.06. The Bertz CT molecular complexity index is 751. The summed E-state index contributed by atoms with van der Waals surface area (Å²) in [5.74, 6) is -0.455. The van der Waals surface area contributed by atoms with E-state index in [0.717, 1.165) is 5.56 Å². The van der Waals surface area contributed by atoms with Gasteiger partial charge in [0.15, 0.2) is 0 Å². The van der Waals surface area contributed by atoms with Crippen LogP contribution < -0.4 is 5.32 Å². The quantitative estimate of drug-likeness (QED) is 0.715. The average Bonchev–Trinajstić information content (AvgIpc) is 2.79. The molecular formula is C15H9BrCl2FNO. The lowest BCUT2D eigenvalue weighted by Gasteiger charge is -2.15. The topological polar surface area (TPSA) is 29.1 Å². The fourth-order valence-corrected chi connectivity index (χ4v) is 3.66. The van der Waals surface area contributed by atoms with Crippen LogP contribution in [0.2, 0.25) is 5.02 Å². The summed E-state index contributed by atoms with van der Waals surface area (Å²) in [5, 5.41) is 2.56. The van der Waals surface area contributed by atoms with Gasteiger partial charge in [-0.1, -0.05) is 23.7 Å². The van der Waals surface area contributed by atoms with Crippen molar-refractivity contribution >= 4 is 50.7 Å². The van der Waals surface area contributed by atoms with E-state index >= 15 is 0 Å². The highest BCUT2D eigenvalue weighted by Gasteiger charge is 2.24. The summed E-state index contributed by atoms with van der Waals surface area (Å²) >= 11 is 15.9. The summed E-state index contributed by atoms with van der Waals surface area (Å²) in [6.07, 6.45) is 0.299.